The zero-order chi connectivity index (χ0) is 13.0. The molecule has 0 atom stereocenters. The van der Waals surface area contributed by atoms with E-state index in [0.29, 0.717) is 10.9 Å². The van der Waals surface area contributed by atoms with Gasteiger partial charge in [-0.25, -0.2) is 5.84 Å². The summed E-state index contributed by atoms with van der Waals surface area (Å²) >= 11 is 1.49. The van der Waals surface area contributed by atoms with Crippen LogP contribution in [-0.2, 0) is 6.54 Å². The molecule has 1 aromatic heterocycles. The molecule has 96 valence electrons. The third kappa shape index (κ3) is 3.52. The van der Waals surface area contributed by atoms with Gasteiger partial charge in [-0.1, -0.05) is 6.92 Å². The molecule has 0 saturated carbocycles. The lowest BCUT2D eigenvalue weighted by Crippen LogP contribution is -2.30. The van der Waals surface area contributed by atoms with Gasteiger partial charge in [0, 0.05) is 17.5 Å². The van der Waals surface area contributed by atoms with Crippen LogP contribution >= 0.6 is 11.3 Å². The highest BCUT2D eigenvalue weighted by Gasteiger charge is 2.14. The normalized spacial score (nSPS) is 11.2. The Morgan fingerprint density at radius 2 is 2.24 bits per heavy atom. The highest BCUT2D eigenvalue weighted by Crippen LogP contribution is 2.23. The number of nitrogens with two attached hydrogens (primary N) is 1. The zero-order valence-electron chi connectivity index (χ0n) is 10.9. The highest BCUT2D eigenvalue weighted by atomic mass is 32.1. The smallest absolute Gasteiger partial charge is 0.275 e. The fourth-order valence-electron chi connectivity index (χ4n) is 1.74. The van der Waals surface area contributed by atoms with Crippen LogP contribution < -0.4 is 11.3 Å². The molecule has 0 aliphatic carbocycles. The van der Waals surface area contributed by atoms with E-state index in [1.54, 1.807) is 0 Å². The zero-order valence-corrected chi connectivity index (χ0v) is 11.7. The Morgan fingerprint density at radius 3 is 2.71 bits per heavy atom. The number of hydrogen-bond acceptors (Lipinski definition) is 4. The van der Waals surface area contributed by atoms with Gasteiger partial charge in [0.2, 0.25) is 0 Å². The third-order valence-electron chi connectivity index (χ3n) is 2.89. The van der Waals surface area contributed by atoms with Gasteiger partial charge in [-0.05, 0) is 38.9 Å². The first kappa shape index (κ1) is 14.2. The van der Waals surface area contributed by atoms with Crippen LogP contribution in [0.4, 0.5) is 0 Å². The fourth-order valence-corrected chi connectivity index (χ4v) is 2.68. The number of carbonyl (C=O) groups excluding carboxylic acids is 1. The van der Waals surface area contributed by atoms with Crippen LogP contribution in [-0.4, -0.2) is 23.4 Å². The molecule has 1 aromatic rings. The van der Waals surface area contributed by atoms with E-state index in [2.05, 4.69) is 31.1 Å². The summed E-state index contributed by atoms with van der Waals surface area (Å²) in [6.45, 7) is 10.4. The van der Waals surface area contributed by atoms with Crippen molar-refractivity contribution in [3.05, 3.63) is 21.4 Å². The highest BCUT2D eigenvalue weighted by molar-refractivity contribution is 7.14. The predicted molar refractivity (Wildman–Crippen MR) is 71.9 cm³/mol. The average molecular weight is 255 g/mol. The summed E-state index contributed by atoms with van der Waals surface area (Å²) in [5.41, 5.74) is 3.38. The Balaban J connectivity index is 2.84. The van der Waals surface area contributed by atoms with Crippen molar-refractivity contribution < 1.29 is 4.79 Å². The van der Waals surface area contributed by atoms with Crippen LogP contribution in [0.15, 0.2) is 6.07 Å². The average Bonchev–Trinajstić information content (AvgIpc) is 2.66. The third-order valence-corrected chi connectivity index (χ3v) is 3.98. The minimum atomic E-state index is -0.211. The van der Waals surface area contributed by atoms with Gasteiger partial charge in [0.25, 0.3) is 5.91 Å². The molecule has 0 saturated heterocycles. The first-order valence-corrected chi connectivity index (χ1v) is 6.65. The molecule has 3 N–H and O–H groups in total. The molecule has 1 heterocycles. The summed E-state index contributed by atoms with van der Waals surface area (Å²) in [4.78, 5) is 15.7. The summed E-state index contributed by atoms with van der Waals surface area (Å²) in [6, 6.07) is 2.44. The van der Waals surface area contributed by atoms with Crippen molar-refractivity contribution in [3.8, 4) is 0 Å². The monoisotopic (exact) mass is 255 g/mol. The Labute approximate surface area is 107 Å². The molecule has 0 aliphatic heterocycles. The van der Waals surface area contributed by atoms with Gasteiger partial charge < -0.3 is 0 Å². The number of amides is 1. The van der Waals surface area contributed by atoms with E-state index in [0.717, 1.165) is 13.1 Å². The molecule has 0 aromatic carbocycles. The van der Waals surface area contributed by atoms with E-state index in [4.69, 9.17) is 5.84 Å². The predicted octanol–water partition coefficient (Wildman–Crippen LogP) is 1.89. The molecule has 1 rings (SSSR count). The van der Waals surface area contributed by atoms with Crippen molar-refractivity contribution in [2.75, 3.05) is 6.54 Å². The van der Waals surface area contributed by atoms with Crippen molar-refractivity contribution in [1.29, 1.82) is 0 Å². The Morgan fingerprint density at radius 1 is 1.59 bits per heavy atom. The second-order valence-electron chi connectivity index (χ2n) is 4.32. The minimum absolute atomic E-state index is 0.211. The van der Waals surface area contributed by atoms with Crippen LogP contribution in [0.25, 0.3) is 0 Å². The maximum atomic E-state index is 11.4. The molecule has 0 bridgehead atoms. The number of thiophene rings is 1. The van der Waals surface area contributed by atoms with Gasteiger partial charge in [-0.15, -0.1) is 11.3 Å². The molecule has 0 spiro atoms. The number of carbonyl (C=O) groups is 1. The van der Waals surface area contributed by atoms with Gasteiger partial charge in [-0.3, -0.25) is 15.1 Å². The summed E-state index contributed by atoms with van der Waals surface area (Å²) in [5, 5.41) is 0. The summed E-state index contributed by atoms with van der Waals surface area (Å²) in [5.74, 6) is 4.92. The summed E-state index contributed by atoms with van der Waals surface area (Å²) < 4.78 is 0. The van der Waals surface area contributed by atoms with Crippen molar-refractivity contribution >= 4 is 17.2 Å². The molecule has 0 aliphatic rings. The molecule has 17 heavy (non-hydrogen) atoms. The van der Waals surface area contributed by atoms with Crippen molar-refractivity contribution in [3.63, 3.8) is 0 Å². The molecule has 0 fully saturated rings. The SMILES string of the molecule is CCN(Cc1cc(C(=O)NN)sc1C)C(C)C. The first-order chi connectivity index (χ1) is 7.99. The molecular weight excluding hydrogens is 234 g/mol. The van der Waals surface area contributed by atoms with Crippen LogP contribution in [0, 0.1) is 6.92 Å². The maximum Gasteiger partial charge on any atom is 0.275 e. The Hall–Kier alpha value is -0.910. The van der Waals surface area contributed by atoms with Crippen molar-refractivity contribution in [2.24, 2.45) is 5.84 Å². The molecule has 0 unspecified atom stereocenters. The number of hydrazine groups is 1. The largest absolute Gasteiger partial charge is 0.297 e. The summed E-state index contributed by atoms with van der Waals surface area (Å²) in [7, 11) is 0. The topological polar surface area (TPSA) is 58.4 Å². The van der Waals surface area contributed by atoms with Crippen molar-refractivity contribution in [1.82, 2.24) is 10.3 Å². The number of aryl methyl sites for hydroxylation is 1. The molecular formula is C12H21N3OS. The lowest BCUT2D eigenvalue weighted by Gasteiger charge is -2.24. The van der Waals surface area contributed by atoms with Crippen LogP contribution in [0.2, 0.25) is 0 Å². The van der Waals surface area contributed by atoms with Gasteiger partial charge in [0.15, 0.2) is 0 Å². The Kier molecular flexibility index (Phi) is 5.11. The van der Waals surface area contributed by atoms with Crippen LogP contribution in [0.3, 0.4) is 0 Å². The van der Waals surface area contributed by atoms with Crippen molar-refractivity contribution in [2.45, 2.75) is 40.3 Å². The van der Waals surface area contributed by atoms with Gasteiger partial charge >= 0.3 is 0 Å². The van der Waals surface area contributed by atoms with E-state index in [1.807, 2.05) is 13.0 Å². The number of nitrogens with zero attached hydrogens (tertiary/aromatic N) is 1. The summed E-state index contributed by atoms with van der Waals surface area (Å²) in [6.07, 6.45) is 0. The molecule has 1 amide bonds. The number of rotatable bonds is 5. The van der Waals surface area contributed by atoms with Gasteiger partial charge in [0.1, 0.15) is 0 Å². The second-order valence-corrected chi connectivity index (χ2v) is 5.58. The van der Waals surface area contributed by atoms with E-state index >= 15 is 0 Å². The van der Waals surface area contributed by atoms with E-state index in [1.165, 1.54) is 21.8 Å². The number of hydrogen-bond donors (Lipinski definition) is 2. The van der Waals surface area contributed by atoms with Gasteiger partial charge in [0.05, 0.1) is 4.88 Å². The maximum absolute atomic E-state index is 11.4. The second kappa shape index (κ2) is 6.14. The lowest BCUT2D eigenvalue weighted by atomic mass is 10.2. The standard InChI is InChI=1S/C12H21N3OS/c1-5-15(8(2)3)7-10-6-11(12(16)14-13)17-9(10)4/h6,8H,5,7,13H2,1-4H3,(H,14,16). The molecule has 0 radical (unpaired) electrons. The van der Waals surface area contributed by atoms with Crippen LogP contribution in [0.5, 0.6) is 0 Å². The number of nitrogens with one attached hydrogen (secondary N) is 1. The molecule has 4 nitrogen and oxygen atoms in total. The first-order valence-electron chi connectivity index (χ1n) is 5.83. The van der Waals surface area contributed by atoms with E-state index in [-0.39, 0.29) is 5.91 Å². The quantitative estimate of drug-likeness (QED) is 0.480. The fraction of sp³-hybridized carbons (Fsp3) is 0.583. The lowest BCUT2D eigenvalue weighted by molar-refractivity contribution is 0.0957. The van der Waals surface area contributed by atoms with Crippen LogP contribution in [0.1, 0.15) is 40.9 Å². The number of nitrogen functional groups attached to an aromatic ring is 1. The molecule has 5 heteroatoms. The van der Waals surface area contributed by atoms with E-state index in [9.17, 15) is 4.79 Å². The Bertz CT molecular complexity index is 387. The van der Waals surface area contributed by atoms with E-state index < -0.39 is 0 Å². The minimum Gasteiger partial charge on any atom is -0.297 e. The van der Waals surface area contributed by atoms with Gasteiger partial charge in [-0.2, -0.15) is 0 Å².